The largest absolute Gasteiger partial charge is 0.395 e. The number of hydrogen-bond acceptors (Lipinski definition) is 3. The molecule has 2 unspecified atom stereocenters. The third kappa shape index (κ3) is 4.03. The van der Waals surface area contributed by atoms with Crippen LogP contribution in [0.15, 0.2) is 24.3 Å². The second-order valence-electron chi connectivity index (χ2n) is 5.89. The molecule has 2 rings (SSSR count). The molecule has 0 spiro atoms. The van der Waals surface area contributed by atoms with Crippen molar-refractivity contribution in [2.75, 3.05) is 13.2 Å². The lowest BCUT2D eigenvalue weighted by molar-refractivity contribution is 0.211. The molecule has 1 aromatic rings. The zero-order valence-corrected chi connectivity index (χ0v) is 12.0. The summed E-state index contributed by atoms with van der Waals surface area (Å²) < 4.78 is 0. The maximum atomic E-state index is 9.55. The molecule has 0 radical (unpaired) electrons. The van der Waals surface area contributed by atoms with Gasteiger partial charge in [-0.1, -0.05) is 38.1 Å². The van der Waals surface area contributed by atoms with Crippen LogP contribution in [0.25, 0.3) is 0 Å². The molecule has 0 saturated carbocycles. The van der Waals surface area contributed by atoms with E-state index in [1.807, 2.05) is 0 Å². The highest BCUT2D eigenvalue weighted by molar-refractivity contribution is 5.31. The van der Waals surface area contributed by atoms with Crippen LogP contribution in [0, 0.1) is 5.92 Å². The number of nitrogens with one attached hydrogen (secondary N) is 2. The molecule has 3 heteroatoms. The first-order valence-corrected chi connectivity index (χ1v) is 7.36. The summed E-state index contributed by atoms with van der Waals surface area (Å²) in [7, 11) is 0. The van der Waals surface area contributed by atoms with Crippen molar-refractivity contribution in [2.45, 2.75) is 45.3 Å². The number of benzene rings is 1. The monoisotopic (exact) mass is 262 g/mol. The molecular formula is C16H26N2O. The van der Waals surface area contributed by atoms with Gasteiger partial charge in [0.25, 0.3) is 0 Å². The van der Waals surface area contributed by atoms with Crippen LogP contribution in [0.5, 0.6) is 0 Å². The summed E-state index contributed by atoms with van der Waals surface area (Å²) in [5, 5.41) is 16.7. The van der Waals surface area contributed by atoms with Gasteiger partial charge in [0.2, 0.25) is 0 Å². The summed E-state index contributed by atoms with van der Waals surface area (Å²) in [5.74, 6) is 0.601. The van der Waals surface area contributed by atoms with Crippen molar-refractivity contribution in [3.63, 3.8) is 0 Å². The van der Waals surface area contributed by atoms with Crippen molar-refractivity contribution < 1.29 is 5.11 Å². The molecule has 1 heterocycles. The van der Waals surface area contributed by atoms with E-state index in [9.17, 15) is 5.11 Å². The van der Waals surface area contributed by atoms with Gasteiger partial charge < -0.3 is 15.7 Å². The summed E-state index contributed by atoms with van der Waals surface area (Å²) in [6.45, 7) is 6.58. The van der Waals surface area contributed by atoms with Crippen LogP contribution in [0.4, 0.5) is 0 Å². The number of fused-ring (bicyclic) bond motifs is 1. The van der Waals surface area contributed by atoms with Gasteiger partial charge in [0.15, 0.2) is 0 Å². The van der Waals surface area contributed by atoms with E-state index in [2.05, 4.69) is 48.7 Å². The van der Waals surface area contributed by atoms with Gasteiger partial charge in [0, 0.05) is 18.6 Å². The van der Waals surface area contributed by atoms with E-state index in [0.29, 0.717) is 12.0 Å². The van der Waals surface area contributed by atoms with Crippen LogP contribution in [0.3, 0.4) is 0 Å². The van der Waals surface area contributed by atoms with Crippen molar-refractivity contribution in [1.82, 2.24) is 10.6 Å². The van der Waals surface area contributed by atoms with Crippen LogP contribution in [-0.4, -0.2) is 24.3 Å². The SMILES string of the molecule is CC(C)CC(CO)NC1CCNCc2ccccc21. The van der Waals surface area contributed by atoms with Gasteiger partial charge >= 0.3 is 0 Å². The fourth-order valence-electron chi connectivity index (χ4n) is 2.88. The number of aliphatic hydroxyl groups is 1. The maximum Gasteiger partial charge on any atom is 0.0584 e. The van der Waals surface area contributed by atoms with Gasteiger partial charge in [-0.25, -0.2) is 0 Å². The molecule has 0 fully saturated rings. The zero-order valence-electron chi connectivity index (χ0n) is 12.0. The van der Waals surface area contributed by atoms with Crippen molar-refractivity contribution in [3.05, 3.63) is 35.4 Å². The van der Waals surface area contributed by atoms with Crippen molar-refractivity contribution >= 4 is 0 Å². The molecule has 1 aliphatic rings. The van der Waals surface area contributed by atoms with Crippen LogP contribution < -0.4 is 10.6 Å². The van der Waals surface area contributed by atoms with E-state index >= 15 is 0 Å². The molecule has 2 atom stereocenters. The smallest absolute Gasteiger partial charge is 0.0584 e. The Kier molecular flexibility index (Phi) is 5.37. The molecule has 0 saturated heterocycles. The van der Waals surface area contributed by atoms with Crippen molar-refractivity contribution in [3.8, 4) is 0 Å². The maximum absolute atomic E-state index is 9.55. The van der Waals surface area contributed by atoms with Crippen LogP contribution in [-0.2, 0) is 6.54 Å². The van der Waals surface area contributed by atoms with E-state index in [-0.39, 0.29) is 12.6 Å². The lowest BCUT2D eigenvalue weighted by Crippen LogP contribution is -2.37. The van der Waals surface area contributed by atoms with Crippen LogP contribution in [0.1, 0.15) is 43.9 Å². The third-order valence-corrected chi connectivity index (χ3v) is 3.77. The van der Waals surface area contributed by atoms with Gasteiger partial charge in [-0.05, 0) is 36.4 Å². The molecule has 106 valence electrons. The van der Waals surface area contributed by atoms with Gasteiger partial charge in [-0.3, -0.25) is 0 Å². The second kappa shape index (κ2) is 7.04. The molecule has 19 heavy (non-hydrogen) atoms. The topological polar surface area (TPSA) is 44.3 Å². The van der Waals surface area contributed by atoms with Crippen LogP contribution in [0.2, 0.25) is 0 Å². The average Bonchev–Trinajstić information content (AvgIpc) is 2.60. The van der Waals surface area contributed by atoms with Gasteiger partial charge in [0.1, 0.15) is 0 Å². The quantitative estimate of drug-likeness (QED) is 0.762. The predicted molar refractivity (Wildman–Crippen MR) is 79.0 cm³/mol. The van der Waals surface area contributed by atoms with Gasteiger partial charge in [0.05, 0.1) is 6.61 Å². The Hall–Kier alpha value is -0.900. The molecule has 3 nitrogen and oxygen atoms in total. The molecule has 0 amide bonds. The highest BCUT2D eigenvalue weighted by atomic mass is 16.3. The Balaban J connectivity index is 2.10. The zero-order chi connectivity index (χ0) is 13.7. The predicted octanol–water partition coefficient (Wildman–Crippen LogP) is 2.22. The molecule has 1 aliphatic heterocycles. The molecular weight excluding hydrogens is 236 g/mol. The van der Waals surface area contributed by atoms with E-state index in [4.69, 9.17) is 0 Å². The lowest BCUT2D eigenvalue weighted by atomic mass is 9.97. The third-order valence-electron chi connectivity index (χ3n) is 3.77. The first kappa shape index (κ1) is 14.5. The number of rotatable bonds is 5. The highest BCUT2D eigenvalue weighted by Crippen LogP contribution is 2.24. The Labute approximate surface area is 116 Å². The number of hydrogen-bond donors (Lipinski definition) is 3. The first-order chi connectivity index (χ1) is 9.20. The van der Waals surface area contributed by atoms with Crippen molar-refractivity contribution in [2.24, 2.45) is 5.92 Å². The first-order valence-electron chi connectivity index (χ1n) is 7.36. The Morgan fingerprint density at radius 2 is 2.16 bits per heavy atom. The lowest BCUT2D eigenvalue weighted by Gasteiger charge is -2.26. The summed E-state index contributed by atoms with van der Waals surface area (Å²) in [6.07, 6.45) is 2.09. The van der Waals surface area contributed by atoms with Crippen molar-refractivity contribution in [1.29, 1.82) is 0 Å². The van der Waals surface area contributed by atoms with Gasteiger partial charge in [-0.15, -0.1) is 0 Å². The minimum atomic E-state index is 0.191. The Morgan fingerprint density at radius 1 is 1.37 bits per heavy atom. The number of aliphatic hydroxyl groups excluding tert-OH is 1. The standard InChI is InChI=1S/C16H26N2O/c1-12(2)9-14(11-19)18-16-7-8-17-10-13-5-3-4-6-15(13)16/h3-6,12,14,16-19H,7-11H2,1-2H3. The minimum absolute atomic E-state index is 0.191. The summed E-state index contributed by atoms with van der Waals surface area (Å²) in [6, 6.07) is 9.15. The summed E-state index contributed by atoms with van der Waals surface area (Å²) >= 11 is 0. The Bertz CT molecular complexity index is 392. The summed E-state index contributed by atoms with van der Waals surface area (Å²) in [4.78, 5) is 0. The average molecular weight is 262 g/mol. The second-order valence-corrected chi connectivity index (χ2v) is 5.89. The van der Waals surface area contributed by atoms with Gasteiger partial charge in [-0.2, -0.15) is 0 Å². The molecule has 0 bridgehead atoms. The molecule has 0 aliphatic carbocycles. The molecule has 3 N–H and O–H groups in total. The minimum Gasteiger partial charge on any atom is -0.395 e. The van der Waals surface area contributed by atoms with E-state index < -0.39 is 0 Å². The van der Waals surface area contributed by atoms with E-state index in [1.54, 1.807) is 0 Å². The Morgan fingerprint density at radius 3 is 2.89 bits per heavy atom. The summed E-state index contributed by atoms with van der Waals surface area (Å²) in [5.41, 5.74) is 2.76. The highest BCUT2D eigenvalue weighted by Gasteiger charge is 2.21. The fraction of sp³-hybridized carbons (Fsp3) is 0.625. The van der Waals surface area contributed by atoms with E-state index in [0.717, 1.165) is 25.9 Å². The normalized spacial score (nSPS) is 20.9. The van der Waals surface area contributed by atoms with E-state index in [1.165, 1.54) is 11.1 Å². The fourth-order valence-corrected chi connectivity index (χ4v) is 2.88. The molecule has 1 aromatic carbocycles. The molecule has 0 aromatic heterocycles. The van der Waals surface area contributed by atoms with Crippen LogP contribution >= 0.6 is 0 Å².